The molecule has 0 spiro atoms. The molecule has 248 valence electrons. The molecule has 0 atom stereocenters. The first-order chi connectivity index (χ1) is 20.9. The summed E-state index contributed by atoms with van der Waals surface area (Å²) in [7, 11) is -8.44. The summed E-state index contributed by atoms with van der Waals surface area (Å²) in [4.78, 5) is 26.2. The second-order valence-electron chi connectivity index (χ2n) is 10.9. The van der Waals surface area contributed by atoms with E-state index in [0.29, 0.717) is 35.6 Å². The van der Waals surface area contributed by atoms with Gasteiger partial charge in [-0.05, 0) is 49.7 Å². The number of anilines is 1. The fraction of sp³-hybridized carbons (Fsp3) is 0.321. The van der Waals surface area contributed by atoms with Gasteiger partial charge in [0.25, 0.3) is 5.91 Å². The number of urea groups is 1. The molecular formula is C28H26F6N4O6S2. The van der Waals surface area contributed by atoms with Crippen molar-refractivity contribution in [2.24, 2.45) is 0 Å². The summed E-state index contributed by atoms with van der Waals surface area (Å²) >= 11 is 0. The van der Waals surface area contributed by atoms with Crippen LogP contribution in [0.15, 0.2) is 70.7 Å². The summed E-state index contributed by atoms with van der Waals surface area (Å²) in [6.45, 7) is 2.68. The SMILES string of the molecule is CC1(C)C(=O)N(c2ccc(S(C)(=O)=O)c(C(F)(F)F)c2)C(=O)N1C/C=C\Cn1cc(-c2ccc(S(C)(=O)=O)c(C(F)(F)F)c2)cn1. The number of hydrogen-bond acceptors (Lipinski definition) is 7. The normalized spacial score (nSPS) is 16.2. The first-order valence-corrected chi connectivity index (χ1v) is 16.9. The van der Waals surface area contributed by atoms with Crippen molar-refractivity contribution in [3.05, 3.63) is 72.1 Å². The molecule has 18 heteroatoms. The van der Waals surface area contributed by atoms with Crippen LogP contribution in [0.25, 0.3) is 11.1 Å². The smallest absolute Gasteiger partial charge is 0.306 e. The lowest BCUT2D eigenvalue weighted by atomic mass is 10.0. The zero-order valence-corrected chi connectivity index (χ0v) is 26.1. The molecule has 46 heavy (non-hydrogen) atoms. The molecule has 1 aliphatic heterocycles. The predicted molar refractivity (Wildman–Crippen MR) is 153 cm³/mol. The fourth-order valence-corrected chi connectivity index (χ4v) is 6.58. The third-order valence-corrected chi connectivity index (χ3v) is 9.46. The molecule has 2 heterocycles. The molecule has 4 rings (SSSR count). The van der Waals surface area contributed by atoms with Gasteiger partial charge in [0.05, 0.1) is 39.3 Å². The van der Waals surface area contributed by atoms with E-state index < -0.39 is 76.1 Å². The van der Waals surface area contributed by atoms with Crippen LogP contribution < -0.4 is 4.90 Å². The maximum atomic E-state index is 13.7. The molecule has 1 aliphatic rings. The van der Waals surface area contributed by atoms with Crippen molar-refractivity contribution in [2.45, 2.75) is 48.1 Å². The summed E-state index contributed by atoms with van der Waals surface area (Å²) in [5.41, 5.74) is -4.47. The molecule has 0 bridgehead atoms. The van der Waals surface area contributed by atoms with E-state index in [2.05, 4.69) is 5.10 Å². The number of alkyl halides is 6. The Kier molecular flexibility index (Phi) is 8.71. The number of benzene rings is 2. The number of allylic oxidation sites excluding steroid dienone is 1. The topological polar surface area (TPSA) is 127 Å². The average molecular weight is 693 g/mol. The van der Waals surface area contributed by atoms with Crippen molar-refractivity contribution in [1.82, 2.24) is 14.7 Å². The maximum absolute atomic E-state index is 13.7. The number of imide groups is 1. The van der Waals surface area contributed by atoms with Gasteiger partial charge in [-0.1, -0.05) is 18.2 Å². The van der Waals surface area contributed by atoms with Gasteiger partial charge in [0.15, 0.2) is 19.7 Å². The van der Waals surface area contributed by atoms with E-state index in [1.165, 1.54) is 49.1 Å². The van der Waals surface area contributed by atoms with Gasteiger partial charge >= 0.3 is 18.4 Å². The van der Waals surface area contributed by atoms with E-state index in [1.807, 2.05) is 0 Å². The van der Waals surface area contributed by atoms with Gasteiger partial charge in [-0.3, -0.25) is 9.48 Å². The maximum Gasteiger partial charge on any atom is 0.417 e. The predicted octanol–water partition coefficient (Wildman–Crippen LogP) is 5.20. The molecule has 1 saturated heterocycles. The van der Waals surface area contributed by atoms with Gasteiger partial charge in [-0.2, -0.15) is 31.4 Å². The molecule has 3 aromatic rings. The van der Waals surface area contributed by atoms with Crippen LogP contribution >= 0.6 is 0 Å². The molecule has 0 saturated carbocycles. The summed E-state index contributed by atoms with van der Waals surface area (Å²) < 4.78 is 131. The second-order valence-corrected chi connectivity index (χ2v) is 14.9. The van der Waals surface area contributed by atoms with Crippen LogP contribution in [0.1, 0.15) is 25.0 Å². The monoisotopic (exact) mass is 692 g/mol. The summed E-state index contributed by atoms with van der Waals surface area (Å²) in [5.74, 6) is -0.844. The molecule has 0 aliphatic carbocycles. The van der Waals surface area contributed by atoms with E-state index in [1.54, 1.807) is 0 Å². The molecule has 0 radical (unpaired) electrons. The lowest BCUT2D eigenvalue weighted by molar-refractivity contribution is -0.140. The number of aromatic nitrogens is 2. The molecule has 3 amide bonds. The number of hydrogen-bond donors (Lipinski definition) is 0. The standard InChI is InChI=1S/C28H26F6N4O6S2/c1-26(2)24(39)38(19-8-10-23(46(4,43)44)21(14-19)28(32,33)34)25(40)37(26)12-6-5-11-36-16-18(15-35-36)17-7-9-22(45(3,41)42)20(13-17)27(29,30)31/h5-10,13-16H,11-12H2,1-4H3/b6-5-. The van der Waals surface area contributed by atoms with E-state index in [0.717, 1.165) is 17.0 Å². The minimum Gasteiger partial charge on any atom is -0.306 e. The van der Waals surface area contributed by atoms with Crippen LogP contribution in [0.4, 0.5) is 36.8 Å². The Bertz CT molecular complexity index is 1970. The Labute approximate surface area is 259 Å². The largest absolute Gasteiger partial charge is 0.417 e. The molecule has 0 N–H and O–H groups in total. The zero-order chi connectivity index (χ0) is 34.6. The van der Waals surface area contributed by atoms with Crippen LogP contribution in [0.5, 0.6) is 0 Å². The van der Waals surface area contributed by atoms with Crippen molar-refractivity contribution < 1.29 is 52.8 Å². The molecule has 1 aromatic heterocycles. The molecule has 0 unspecified atom stereocenters. The third-order valence-electron chi connectivity index (χ3n) is 7.15. The Balaban J connectivity index is 1.52. The van der Waals surface area contributed by atoms with Crippen LogP contribution in [0, 0.1) is 0 Å². The van der Waals surface area contributed by atoms with Crippen molar-refractivity contribution in [3.63, 3.8) is 0 Å². The first-order valence-electron chi connectivity index (χ1n) is 13.1. The zero-order valence-electron chi connectivity index (χ0n) is 24.5. The minimum absolute atomic E-state index is 0.0650. The van der Waals surface area contributed by atoms with Gasteiger partial charge in [0.2, 0.25) is 0 Å². The number of nitrogens with zero attached hydrogens (tertiary/aromatic N) is 4. The number of amides is 3. The highest BCUT2D eigenvalue weighted by atomic mass is 32.2. The van der Waals surface area contributed by atoms with Crippen LogP contribution in [0.2, 0.25) is 0 Å². The summed E-state index contributed by atoms with van der Waals surface area (Å²) in [6.07, 6.45) is -3.04. The van der Waals surface area contributed by atoms with E-state index in [4.69, 9.17) is 0 Å². The van der Waals surface area contributed by atoms with Gasteiger partial charge in [0, 0.05) is 30.8 Å². The molecule has 10 nitrogen and oxygen atoms in total. The van der Waals surface area contributed by atoms with E-state index >= 15 is 0 Å². The van der Waals surface area contributed by atoms with Crippen molar-refractivity contribution in [2.75, 3.05) is 24.0 Å². The van der Waals surface area contributed by atoms with Crippen molar-refractivity contribution in [1.29, 1.82) is 0 Å². The van der Waals surface area contributed by atoms with Crippen LogP contribution in [-0.4, -0.2) is 68.0 Å². The van der Waals surface area contributed by atoms with Gasteiger partial charge in [-0.25, -0.2) is 26.5 Å². The number of halogens is 6. The highest BCUT2D eigenvalue weighted by Crippen LogP contribution is 2.40. The van der Waals surface area contributed by atoms with Crippen molar-refractivity contribution in [3.8, 4) is 11.1 Å². The molecule has 2 aromatic carbocycles. The fourth-order valence-electron chi connectivity index (χ4n) is 4.80. The Morgan fingerprint density at radius 3 is 1.85 bits per heavy atom. The van der Waals surface area contributed by atoms with E-state index in [9.17, 15) is 52.8 Å². The highest BCUT2D eigenvalue weighted by molar-refractivity contribution is 7.91. The number of sulfone groups is 2. The van der Waals surface area contributed by atoms with Gasteiger partial charge in [0.1, 0.15) is 5.54 Å². The highest BCUT2D eigenvalue weighted by Gasteiger charge is 2.52. The van der Waals surface area contributed by atoms with E-state index in [-0.39, 0.29) is 24.2 Å². The number of carbonyl (C=O) groups excluding carboxylic acids is 2. The lowest BCUT2D eigenvalue weighted by Crippen LogP contribution is -2.44. The number of rotatable bonds is 8. The number of carbonyl (C=O) groups is 2. The Morgan fingerprint density at radius 1 is 0.783 bits per heavy atom. The quantitative estimate of drug-likeness (QED) is 0.181. The first kappa shape index (κ1) is 34.7. The van der Waals surface area contributed by atoms with Crippen LogP contribution in [0.3, 0.4) is 0 Å². The minimum atomic E-state index is -5.09. The van der Waals surface area contributed by atoms with Crippen LogP contribution in [-0.2, 0) is 43.4 Å². The average Bonchev–Trinajstić information content (AvgIpc) is 3.45. The Hall–Kier alpha value is -4.19. The summed E-state index contributed by atoms with van der Waals surface area (Å²) in [6, 6.07) is 3.92. The van der Waals surface area contributed by atoms with Gasteiger partial charge < -0.3 is 4.90 Å². The van der Waals surface area contributed by atoms with Gasteiger partial charge in [-0.15, -0.1) is 0 Å². The third kappa shape index (κ3) is 6.81. The summed E-state index contributed by atoms with van der Waals surface area (Å²) in [5, 5.41) is 4.07. The lowest BCUT2D eigenvalue weighted by Gasteiger charge is -2.26. The van der Waals surface area contributed by atoms with Crippen molar-refractivity contribution >= 4 is 37.3 Å². The second kappa shape index (κ2) is 11.6. The Morgan fingerprint density at radius 2 is 1.30 bits per heavy atom. The molecule has 1 fully saturated rings. The molecular weight excluding hydrogens is 666 g/mol.